The van der Waals surface area contributed by atoms with E-state index in [2.05, 4.69) is 5.32 Å². The van der Waals surface area contributed by atoms with E-state index in [1.54, 1.807) is 48.5 Å². The molecule has 112 valence electrons. The zero-order valence-electron chi connectivity index (χ0n) is 11.7. The van der Waals surface area contributed by atoms with Gasteiger partial charge in [-0.2, -0.15) is 0 Å². The van der Waals surface area contributed by atoms with Crippen molar-refractivity contribution >= 4 is 23.3 Å². The highest BCUT2D eigenvalue weighted by Crippen LogP contribution is 2.19. The van der Waals surface area contributed by atoms with Crippen LogP contribution in [0, 0.1) is 0 Å². The van der Waals surface area contributed by atoms with Gasteiger partial charge in [-0.3, -0.25) is 9.59 Å². The van der Waals surface area contributed by atoms with Crippen molar-refractivity contribution in [2.75, 3.05) is 5.32 Å². The molecule has 0 bridgehead atoms. The summed E-state index contributed by atoms with van der Waals surface area (Å²) in [5, 5.41) is 12.9. The van der Waals surface area contributed by atoms with Gasteiger partial charge in [0.2, 0.25) is 5.91 Å². The van der Waals surface area contributed by atoms with Crippen LogP contribution in [0.1, 0.15) is 28.8 Å². The third kappa shape index (κ3) is 4.02. The topological polar surface area (TPSA) is 86.3 Å². The number of para-hydroxylation sites is 1. The molecular weight excluding hydrogens is 282 g/mol. The molecule has 0 unspecified atom stereocenters. The Bertz CT molecular complexity index is 695. The first-order chi connectivity index (χ1) is 10.6. The van der Waals surface area contributed by atoms with Gasteiger partial charge < -0.3 is 15.2 Å². The minimum Gasteiger partial charge on any atom is -0.550 e. The number of carboxylic acids is 1. The Morgan fingerprint density at radius 2 is 1.50 bits per heavy atom. The summed E-state index contributed by atoms with van der Waals surface area (Å²) in [4.78, 5) is 34.5. The molecular formula is C17H14NO4-. The molecule has 0 aliphatic carbocycles. The minimum absolute atomic E-state index is 0.198. The first-order valence-corrected chi connectivity index (χ1v) is 6.76. The van der Waals surface area contributed by atoms with E-state index in [1.165, 1.54) is 0 Å². The van der Waals surface area contributed by atoms with Crippen molar-refractivity contribution < 1.29 is 19.5 Å². The second-order valence-corrected chi connectivity index (χ2v) is 4.66. The number of benzene rings is 2. The molecule has 2 aromatic carbocycles. The van der Waals surface area contributed by atoms with Gasteiger partial charge in [0.25, 0.3) is 0 Å². The van der Waals surface area contributed by atoms with Gasteiger partial charge in [-0.15, -0.1) is 0 Å². The summed E-state index contributed by atoms with van der Waals surface area (Å²) in [7, 11) is 0. The molecule has 0 saturated heterocycles. The molecule has 0 fully saturated rings. The van der Waals surface area contributed by atoms with Crippen LogP contribution >= 0.6 is 0 Å². The zero-order chi connectivity index (χ0) is 15.9. The molecule has 22 heavy (non-hydrogen) atoms. The fourth-order valence-corrected chi connectivity index (χ4v) is 1.96. The van der Waals surface area contributed by atoms with Crippen molar-refractivity contribution in [2.45, 2.75) is 12.8 Å². The number of amides is 1. The lowest BCUT2D eigenvalue weighted by atomic mass is 10.0. The second kappa shape index (κ2) is 7.17. The number of anilines is 1. The van der Waals surface area contributed by atoms with Crippen LogP contribution in [-0.2, 0) is 9.59 Å². The summed E-state index contributed by atoms with van der Waals surface area (Å²) in [6.45, 7) is 0. The predicted molar refractivity (Wildman–Crippen MR) is 79.2 cm³/mol. The van der Waals surface area contributed by atoms with Gasteiger partial charge in [0.05, 0.1) is 5.69 Å². The number of rotatable bonds is 6. The van der Waals surface area contributed by atoms with Crippen LogP contribution in [0.4, 0.5) is 5.69 Å². The summed E-state index contributed by atoms with van der Waals surface area (Å²) in [5.41, 5.74) is 1.23. The van der Waals surface area contributed by atoms with Crippen molar-refractivity contribution in [1.29, 1.82) is 0 Å². The SMILES string of the molecule is O=C([O-])CCC(=O)Nc1ccccc1C(=O)c1ccccc1. The van der Waals surface area contributed by atoms with E-state index < -0.39 is 11.9 Å². The van der Waals surface area contributed by atoms with Crippen molar-refractivity contribution in [3.05, 3.63) is 65.7 Å². The van der Waals surface area contributed by atoms with Crippen LogP contribution in [0.5, 0.6) is 0 Å². The minimum atomic E-state index is -1.29. The Morgan fingerprint density at radius 1 is 0.864 bits per heavy atom. The third-order valence-corrected chi connectivity index (χ3v) is 3.04. The number of carbonyl (C=O) groups is 3. The molecule has 2 aromatic rings. The number of hydrogen-bond acceptors (Lipinski definition) is 4. The quantitative estimate of drug-likeness (QED) is 0.816. The van der Waals surface area contributed by atoms with Crippen molar-refractivity contribution in [1.82, 2.24) is 0 Å². The molecule has 0 saturated carbocycles. The van der Waals surface area contributed by atoms with Crippen molar-refractivity contribution in [3.8, 4) is 0 Å². The van der Waals surface area contributed by atoms with Gasteiger partial charge in [-0.1, -0.05) is 42.5 Å². The normalized spacial score (nSPS) is 10.0. The Hall–Kier alpha value is -2.95. The third-order valence-electron chi connectivity index (χ3n) is 3.04. The second-order valence-electron chi connectivity index (χ2n) is 4.66. The average molecular weight is 296 g/mol. The summed E-state index contributed by atoms with van der Waals surface area (Å²) < 4.78 is 0. The van der Waals surface area contributed by atoms with E-state index >= 15 is 0 Å². The molecule has 5 nitrogen and oxygen atoms in total. The highest BCUT2D eigenvalue weighted by Gasteiger charge is 2.14. The smallest absolute Gasteiger partial charge is 0.224 e. The van der Waals surface area contributed by atoms with E-state index in [1.807, 2.05) is 6.07 Å². The van der Waals surface area contributed by atoms with Crippen LogP contribution < -0.4 is 10.4 Å². The lowest BCUT2D eigenvalue weighted by Gasteiger charge is -2.10. The fourth-order valence-electron chi connectivity index (χ4n) is 1.96. The number of nitrogens with one attached hydrogen (secondary N) is 1. The lowest BCUT2D eigenvalue weighted by Crippen LogP contribution is -2.24. The van der Waals surface area contributed by atoms with Crippen LogP contribution in [-0.4, -0.2) is 17.7 Å². The first kappa shape index (κ1) is 15.4. The Morgan fingerprint density at radius 3 is 2.18 bits per heavy atom. The summed E-state index contributed by atoms with van der Waals surface area (Å²) in [6, 6.07) is 15.3. The summed E-state index contributed by atoms with van der Waals surface area (Å²) in [6.07, 6.45) is -0.559. The standard InChI is InChI=1S/C17H15NO4/c19-15(10-11-16(20)21)18-14-9-5-4-8-13(14)17(22)12-6-2-1-3-7-12/h1-9H,10-11H2,(H,18,19)(H,20,21)/p-1. The summed E-state index contributed by atoms with van der Waals surface area (Å²) in [5.74, 6) is -1.97. The Labute approximate surface area is 127 Å². The van der Waals surface area contributed by atoms with Crippen LogP contribution in [0.15, 0.2) is 54.6 Å². The Balaban J connectivity index is 2.18. The number of ketones is 1. The molecule has 0 aliphatic rings. The Kier molecular flexibility index (Phi) is 5.03. The van der Waals surface area contributed by atoms with E-state index in [9.17, 15) is 19.5 Å². The van der Waals surface area contributed by atoms with E-state index in [4.69, 9.17) is 0 Å². The molecule has 1 N–H and O–H groups in total. The van der Waals surface area contributed by atoms with Crippen molar-refractivity contribution in [2.24, 2.45) is 0 Å². The highest BCUT2D eigenvalue weighted by molar-refractivity contribution is 6.13. The first-order valence-electron chi connectivity index (χ1n) is 6.76. The summed E-state index contributed by atoms with van der Waals surface area (Å²) >= 11 is 0. The maximum atomic E-state index is 12.5. The largest absolute Gasteiger partial charge is 0.550 e. The van der Waals surface area contributed by atoms with Crippen LogP contribution in [0.25, 0.3) is 0 Å². The highest BCUT2D eigenvalue weighted by atomic mass is 16.4. The molecule has 0 heterocycles. The molecule has 0 aromatic heterocycles. The van der Waals surface area contributed by atoms with Crippen LogP contribution in [0.2, 0.25) is 0 Å². The lowest BCUT2D eigenvalue weighted by molar-refractivity contribution is -0.305. The molecule has 0 radical (unpaired) electrons. The fraction of sp³-hybridized carbons (Fsp3) is 0.118. The average Bonchev–Trinajstić information content (AvgIpc) is 2.53. The molecule has 0 spiro atoms. The maximum Gasteiger partial charge on any atom is 0.224 e. The molecule has 2 rings (SSSR count). The zero-order valence-corrected chi connectivity index (χ0v) is 11.7. The van der Waals surface area contributed by atoms with E-state index in [0.29, 0.717) is 16.8 Å². The number of aliphatic carboxylic acids is 1. The predicted octanol–water partition coefficient (Wildman–Crippen LogP) is 1.39. The number of hydrogen-bond donors (Lipinski definition) is 1. The van der Waals surface area contributed by atoms with Gasteiger partial charge in [0, 0.05) is 23.5 Å². The monoisotopic (exact) mass is 296 g/mol. The van der Waals surface area contributed by atoms with Crippen LogP contribution in [0.3, 0.4) is 0 Å². The molecule has 0 aliphatic heterocycles. The van der Waals surface area contributed by atoms with E-state index in [0.717, 1.165) is 0 Å². The van der Waals surface area contributed by atoms with Gasteiger partial charge >= 0.3 is 0 Å². The van der Waals surface area contributed by atoms with Crippen molar-refractivity contribution in [3.63, 3.8) is 0 Å². The molecule has 0 atom stereocenters. The molecule has 5 heteroatoms. The number of carbonyl (C=O) groups excluding carboxylic acids is 3. The van der Waals surface area contributed by atoms with Gasteiger partial charge in [-0.25, -0.2) is 0 Å². The number of carboxylic acid groups (broad SMARTS) is 1. The van der Waals surface area contributed by atoms with Gasteiger partial charge in [0.15, 0.2) is 5.78 Å². The van der Waals surface area contributed by atoms with E-state index in [-0.39, 0.29) is 18.6 Å². The van der Waals surface area contributed by atoms with Gasteiger partial charge in [0.1, 0.15) is 0 Å². The maximum absolute atomic E-state index is 12.5. The molecule has 1 amide bonds. The van der Waals surface area contributed by atoms with Gasteiger partial charge in [-0.05, 0) is 18.6 Å².